The number of carbonyl (C=O) groups is 1. The van der Waals surface area contributed by atoms with Crippen LogP contribution >= 0.6 is 0 Å². The fourth-order valence-electron chi connectivity index (χ4n) is 3.14. The van der Waals surface area contributed by atoms with Crippen molar-refractivity contribution in [3.63, 3.8) is 0 Å². The Morgan fingerprint density at radius 2 is 1.90 bits per heavy atom. The summed E-state index contributed by atoms with van der Waals surface area (Å²) >= 11 is 0. The van der Waals surface area contributed by atoms with Crippen molar-refractivity contribution in [2.75, 3.05) is 12.1 Å². The normalized spacial score (nSPS) is 11.9. The van der Waals surface area contributed by atoms with Crippen LogP contribution < -0.4 is 20.1 Å². The van der Waals surface area contributed by atoms with Crippen LogP contribution in [0.2, 0.25) is 0 Å². The van der Waals surface area contributed by atoms with Crippen LogP contribution in [0.25, 0.3) is 0 Å². The number of nitrogens with one attached hydrogen (secondary N) is 2. The molecule has 1 amide bonds. The highest BCUT2D eigenvalue weighted by molar-refractivity contribution is 5.92. The maximum atomic E-state index is 12.6. The molecular weight excluding hydrogens is 368 g/mol. The molecule has 0 bridgehead atoms. The summed E-state index contributed by atoms with van der Waals surface area (Å²) in [5.74, 6) is 1.55. The van der Waals surface area contributed by atoms with Gasteiger partial charge in [0, 0.05) is 17.9 Å². The zero-order valence-corrected chi connectivity index (χ0v) is 16.4. The van der Waals surface area contributed by atoms with Gasteiger partial charge >= 0.3 is 0 Å². The first-order valence-corrected chi connectivity index (χ1v) is 9.49. The smallest absolute Gasteiger partial charge is 0.270 e. The lowest BCUT2D eigenvalue weighted by Gasteiger charge is -2.11. The lowest BCUT2D eigenvalue weighted by molar-refractivity contribution is 0.0945. The topological polar surface area (TPSA) is 85.4 Å². The van der Waals surface area contributed by atoms with Gasteiger partial charge in [-0.25, -0.2) is 9.97 Å². The van der Waals surface area contributed by atoms with Gasteiger partial charge in [-0.2, -0.15) is 0 Å². The summed E-state index contributed by atoms with van der Waals surface area (Å²) in [6, 6.07) is 15.3. The van der Waals surface area contributed by atoms with Crippen molar-refractivity contribution in [3.8, 4) is 11.5 Å². The van der Waals surface area contributed by atoms with Gasteiger partial charge in [-0.1, -0.05) is 31.2 Å². The van der Waals surface area contributed by atoms with E-state index < -0.39 is 0 Å². The molecule has 148 valence electrons. The first-order valence-electron chi connectivity index (χ1n) is 9.49. The minimum absolute atomic E-state index is 0.224. The van der Waals surface area contributed by atoms with Crippen LogP contribution in [0.4, 0.5) is 11.6 Å². The van der Waals surface area contributed by atoms with E-state index in [9.17, 15) is 4.79 Å². The van der Waals surface area contributed by atoms with Crippen LogP contribution in [0.5, 0.6) is 11.5 Å². The van der Waals surface area contributed by atoms with Crippen LogP contribution in [0.15, 0.2) is 48.5 Å². The van der Waals surface area contributed by atoms with Crippen molar-refractivity contribution in [1.82, 2.24) is 15.3 Å². The van der Waals surface area contributed by atoms with Crippen LogP contribution in [-0.2, 0) is 13.0 Å². The summed E-state index contributed by atoms with van der Waals surface area (Å²) in [6.45, 7) is 4.52. The molecule has 0 radical (unpaired) electrons. The van der Waals surface area contributed by atoms with Crippen molar-refractivity contribution in [2.45, 2.75) is 26.8 Å². The standard InChI is InChI=1S/C22H22N4O3/c1-3-16-6-4-5-7-17(16)25-22-24-14(2)10-18(26-22)21(27)23-12-15-8-9-19-20(11-15)29-13-28-19/h4-11H,3,12-13H2,1-2H3,(H,23,27)(H,24,25,26). The summed E-state index contributed by atoms with van der Waals surface area (Å²) in [6.07, 6.45) is 0.887. The quantitative estimate of drug-likeness (QED) is 0.667. The highest BCUT2D eigenvalue weighted by atomic mass is 16.7. The second-order valence-electron chi connectivity index (χ2n) is 6.72. The number of ether oxygens (including phenoxy) is 2. The Bertz CT molecular complexity index is 1050. The number of aromatic nitrogens is 2. The Hall–Kier alpha value is -3.61. The lowest BCUT2D eigenvalue weighted by Crippen LogP contribution is -2.24. The molecule has 2 N–H and O–H groups in total. The third-order valence-corrected chi connectivity index (χ3v) is 4.62. The molecule has 3 aromatic rings. The van der Waals surface area contributed by atoms with E-state index in [0.29, 0.717) is 29.6 Å². The number of carbonyl (C=O) groups excluding carboxylic acids is 1. The number of para-hydroxylation sites is 1. The second kappa shape index (κ2) is 8.18. The molecule has 0 saturated heterocycles. The van der Waals surface area contributed by atoms with E-state index in [4.69, 9.17) is 9.47 Å². The second-order valence-corrected chi connectivity index (χ2v) is 6.72. The third-order valence-electron chi connectivity index (χ3n) is 4.62. The van der Waals surface area contributed by atoms with Gasteiger partial charge in [0.15, 0.2) is 11.5 Å². The molecule has 29 heavy (non-hydrogen) atoms. The number of benzene rings is 2. The molecule has 2 heterocycles. The zero-order chi connectivity index (χ0) is 20.2. The summed E-state index contributed by atoms with van der Waals surface area (Å²) in [4.78, 5) is 21.5. The highest BCUT2D eigenvalue weighted by Crippen LogP contribution is 2.32. The van der Waals surface area contributed by atoms with E-state index >= 15 is 0 Å². The van der Waals surface area contributed by atoms with E-state index in [2.05, 4.69) is 33.6 Å². The molecule has 0 saturated carbocycles. The fraction of sp³-hybridized carbons (Fsp3) is 0.227. The van der Waals surface area contributed by atoms with E-state index in [0.717, 1.165) is 29.0 Å². The largest absolute Gasteiger partial charge is 0.454 e. The summed E-state index contributed by atoms with van der Waals surface area (Å²) < 4.78 is 10.7. The first kappa shape index (κ1) is 18.7. The van der Waals surface area contributed by atoms with Gasteiger partial charge in [0.05, 0.1) is 0 Å². The Balaban J connectivity index is 1.47. The predicted octanol–water partition coefficient (Wildman–Crippen LogP) is 3.75. The van der Waals surface area contributed by atoms with Gasteiger partial charge in [0.25, 0.3) is 5.91 Å². The minimum Gasteiger partial charge on any atom is -0.454 e. The number of nitrogens with zero attached hydrogens (tertiary/aromatic N) is 2. The van der Waals surface area contributed by atoms with E-state index in [1.807, 2.05) is 43.3 Å². The number of aryl methyl sites for hydroxylation is 2. The van der Waals surface area contributed by atoms with Gasteiger partial charge < -0.3 is 20.1 Å². The maximum absolute atomic E-state index is 12.6. The minimum atomic E-state index is -0.264. The van der Waals surface area contributed by atoms with E-state index in [1.54, 1.807) is 6.07 Å². The van der Waals surface area contributed by atoms with Gasteiger partial charge in [0.1, 0.15) is 5.69 Å². The average molecular weight is 390 g/mol. The van der Waals surface area contributed by atoms with Crippen LogP contribution in [0.1, 0.15) is 34.2 Å². The van der Waals surface area contributed by atoms with Crippen LogP contribution in [0.3, 0.4) is 0 Å². The monoisotopic (exact) mass is 390 g/mol. The van der Waals surface area contributed by atoms with Crippen molar-refractivity contribution < 1.29 is 14.3 Å². The molecule has 0 spiro atoms. The van der Waals surface area contributed by atoms with E-state index in [1.165, 1.54) is 0 Å². The maximum Gasteiger partial charge on any atom is 0.270 e. The SMILES string of the molecule is CCc1ccccc1Nc1nc(C)cc(C(=O)NCc2ccc3c(c2)OCO3)n1. The molecule has 0 aliphatic carbocycles. The molecule has 0 unspecified atom stereocenters. The van der Waals surface area contributed by atoms with Crippen molar-refractivity contribution in [1.29, 1.82) is 0 Å². The first-order chi connectivity index (χ1) is 14.1. The van der Waals surface area contributed by atoms with Gasteiger partial charge in [-0.05, 0) is 48.7 Å². The fourth-order valence-corrected chi connectivity index (χ4v) is 3.14. The van der Waals surface area contributed by atoms with Gasteiger partial charge in [0.2, 0.25) is 12.7 Å². The molecule has 4 rings (SSSR count). The van der Waals surface area contributed by atoms with Crippen molar-refractivity contribution in [3.05, 3.63) is 71.0 Å². The summed E-state index contributed by atoms with van der Waals surface area (Å²) in [5, 5.41) is 6.12. The summed E-state index contributed by atoms with van der Waals surface area (Å²) in [7, 11) is 0. The molecule has 1 aliphatic heterocycles. The number of hydrogen-bond acceptors (Lipinski definition) is 6. The van der Waals surface area contributed by atoms with Crippen LogP contribution in [0, 0.1) is 6.92 Å². The van der Waals surface area contributed by atoms with Gasteiger partial charge in [-0.15, -0.1) is 0 Å². The summed E-state index contributed by atoms with van der Waals surface area (Å²) in [5.41, 5.74) is 4.04. The zero-order valence-electron chi connectivity index (χ0n) is 16.4. The molecule has 1 aromatic heterocycles. The number of fused-ring (bicyclic) bond motifs is 1. The van der Waals surface area contributed by atoms with Crippen LogP contribution in [-0.4, -0.2) is 22.7 Å². The van der Waals surface area contributed by atoms with Crippen molar-refractivity contribution >= 4 is 17.5 Å². The molecule has 0 fully saturated rings. The molecule has 7 heteroatoms. The van der Waals surface area contributed by atoms with E-state index in [-0.39, 0.29) is 12.7 Å². The molecular formula is C22H22N4O3. The van der Waals surface area contributed by atoms with Gasteiger partial charge in [-0.3, -0.25) is 4.79 Å². The molecule has 2 aromatic carbocycles. The molecule has 7 nitrogen and oxygen atoms in total. The predicted molar refractivity (Wildman–Crippen MR) is 110 cm³/mol. The third kappa shape index (κ3) is 4.29. The van der Waals surface area contributed by atoms with Crippen molar-refractivity contribution in [2.24, 2.45) is 0 Å². The number of anilines is 2. The Labute approximate surface area is 169 Å². The Morgan fingerprint density at radius 3 is 2.76 bits per heavy atom. The number of hydrogen-bond donors (Lipinski definition) is 2. The number of amides is 1. The number of rotatable bonds is 6. The molecule has 0 atom stereocenters. The lowest BCUT2D eigenvalue weighted by atomic mass is 10.1. The Kier molecular flexibility index (Phi) is 5.29. The molecule has 1 aliphatic rings. The average Bonchev–Trinajstić information content (AvgIpc) is 3.20. The Morgan fingerprint density at radius 1 is 1.07 bits per heavy atom. The highest BCUT2D eigenvalue weighted by Gasteiger charge is 2.15.